The van der Waals surface area contributed by atoms with Gasteiger partial charge in [0.1, 0.15) is 11.6 Å². The number of hydrogen-bond donors (Lipinski definition) is 1. The lowest BCUT2D eigenvalue weighted by Gasteiger charge is -2.00. The maximum absolute atomic E-state index is 13.1. The summed E-state index contributed by atoms with van der Waals surface area (Å²) in [5, 5.41) is 3.30. The SMILES string of the molecule is CCCNCc1ccc(-c2cc(F)cc(F)c2)s1. The van der Waals surface area contributed by atoms with E-state index in [9.17, 15) is 8.78 Å². The summed E-state index contributed by atoms with van der Waals surface area (Å²) in [5.74, 6) is -1.08. The van der Waals surface area contributed by atoms with Crippen molar-refractivity contribution < 1.29 is 8.78 Å². The molecule has 0 atom stereocenters. The van der Waals surface area contributed by atoms with Gasteiger partial charge in [-0.2, -0.15) is 0 Å². The molecule has 0 bridgehead atoms. The van der Waals surface area contributed by atoms with E-state index in [0.717, 1.165) is 30.5 Å². The monoisotopic (exact) mass is 267 g/mol. The van der Waals surface area contributed by atoms with Crippen LogP contribution in [0.15, 0.2) is 30.3 Å². The topological polar surface area (TPSA) is 12.0 Å². The third-order valence-electron chi connectivity index (χ3n) is 2.53. The van der Waals surface area contributed by atoms with E-state index in [1.165, 1.54) is 17.0 Å². The standard InChI is InChI=1S/C14H15F2NS/c1-2-5-17-9-13-3-4-14(18-13)10-6-11(15)8-12(16)7-10/h3-4,6-8,17H,2,5,9H2,1H3. The summed E-state index contributed by atoms with van der Waals surface area (Å²) in [6, 6.07) is 7.50. The highest BCUT2D eigenvalue weighted by molar-refractivity contribution is 7.15. The van der Waals surface area contributed by atoms with E-state index < -0.39 is 11.6 Å². The number of nitrogens with one attached hydrogen (secondary N) is 1. The van der Waals surface area contributed by atoms with Crippen molar-refractivity contribution >= 4 is 11.3 Å². The molecule has 0 saturated heterocycles. The summed E-state index contributed by atoms with van der Waals surface area (Å²) >= 11 is 1.56. The minimum Gasteiger partial charge on any atom is -0.312 e. The molecule has 18 heavy (non-hydrogen) atoms. The molecule has 2 aromatic rings. The Bertz CT molecular complexity index is 502. The highest BCUT2D eigenvalue weighted by Gasteiger charge is 2.06. The van der Waals surface area contributed by atoms with Gasteiger partial charge in [-0.15, -0.1) is 11.3 Å². The Morgan fingerprint density at radius 2 is 1.83 bits per heavy atom. The van der Waals surface area contributed by atoms with Gasteiger partial charge in [0.15, 0.2) is 0 Å². The molecule has 1 N–H and O–H groups in total. The quantitative estimate of drug-likeness (QED) is 0.801. The van der Waals surface area contributed by atoms with Gasteiger partial charge in [-0.25, -0.2) is 8.78 Å². The van der Waals surface area contributed by atoms with Crippen molar-refractivity contribution in [1.82, 2.24) is 5.32 Å². The van der Waals surface area contributed by atoms with Crippen LogP contribution in [0.1, 0.15) is 18.2 Å². The predicted octanol–water partition coefficient (Wildman–Crippen LogP) is 4.19. The summed E-state index contributed by atoms with van der Waals surface area (Å²) in [6.45, 7) is 3.89. The van der Waals surface area contributed by atoms with Crippen LogP contribution in [0, 0.1) is 11.6 Å². The van der Waals surface area contributed by atoms with Crippen molar-refractivity contribution in [2.24, 2.45) is 0 Å². The molecule has 0 aliphatic heterocycles. The molecule has 0 aliphatic carbocycles. The highest BCUT2D eigenvalue weighted by atomic mass is 32.1. The molecule has 0 radical (unpaired) electrons. The Balaban J connectivity index is 2.13. The van der Waals surface area contributed by atoms with Gasteiger partial charge in [0.2, 0.25) is 0 Å². The van der Waals surface area contributed by atoms with E-state index in [-0.39, 0.29) is 0 Å². The van der Waals surface area contributed by atoms with E-state index in [1.54, 1.807) is 11.3 Å². The van der Waals surface area contributed by atoms with Crippen molar-refractivity contribution in [2.75, 3.05) is 6.54 Å². The van der Waals surface area contributed by atoms with E-state index in [2.05, 4.69) is 12.2 Å². The normalized spacial score (nSPS) is 10.8. The Kier molecular flexibility index (Phi) is 4.44. The molecule has 0 aliphatic rings. The first-order valence-corrected chi connectivity index (χ1v) is 6.76. The molecular weight excluding hydrogens is 252 g/mol. The van der Waals surface area contributed by atoms with Crippen molar-refractivity contribution in [2.45, 2.75) is 19.9 Å². The van der Waals surface area contributed by atoms with Crippen LogP contribution in [0.2, 0.25) is 0 Å². The lowest BCUT2D eigenvalue weighted by Crippen LogP contribution is -2.12. The van der Waals surface area contributed by atoms with Crippen LogP contribution in [0.3, 0.4) is 0 Å². The third kappa shape index (κ3) is 3.37. The van der Waals surface area contributed by atoms with Gasteiger partial charge in [-0.3, -0.25) is 0 Å². The minimum atomic E-state index is -0.538. The van der Waals surface area contributed by atoms with Crippen LogP contribution in [0.4, 0.5) is 8.78 Å². The van der Waals surface area contributed by atoms with Crippen molar-refractivity contribution in [1.29, 1.82) is 0 Å². The maximum Gasteiger partial charge on any atom is 0.126 e. The first-order chi connectivity index (χ1) is 8.69. The highest BCUT2D eigenvalue weighted by Crippen LogP contribution is 2.29. The van der Waals surface area contributed by atoms with Crippen molar-refractivity contribution in [3.63, 3.8) is 0 Å². The predicted molar refractivity (Wildman–Crippen MR) is 71.7 cm³/mol. The van der Waals surface area contributed by atoms with Gasteiger partial charge in [0.05, 0.1) is 0 Å². The van der Waals surface area contributed by atoms with Crippen LogP contribution in [-0.2, 0) is 6.54 Å². The van der Waals surface area contributed by atoms with Gasteiger partial charge in [0.25, 0.3) is 0 Å². The molecule has 1 aromatic heterocycles. The van der Waals surface area contributed by atoms with Crippen molar-refractivity contribution in [3.05, 3.63) is 46.8 Å². The number of hydrogen-bond acceptors (Lipinski definition) is 2. The summed E-state index contributed by atoms with van der Waals surface area (Å²) in [7, 11) is 0. The molecule has 2 rings (SSSR count). The van der Waals surface area contributed by atoms with Crippen LogP contribution in [-0.4, -0.2) is 6.54 Å². The molecule has 96 valence electrons. The average molecular weight is 267 g/mol. The van der Waals surface area contributed by atoms with Gasteiger partial charge >= 0.3 is 0 Å². The average Bonchev–Trinajstić information content (AvgIpc) is 2.77. The Morgan fingerprint density at radius 3 is 2.50 bits per heavy atom. The summed E-state index contributed by atoms with van der Waals surface area (Å²) in [5.41, 5.74) is 0.597. The molecular formula is C14H15F2NS. The number of benzene rings is 1. The second kappa shape index (κ2) is 6.07. The second-order valence-electron chi connectivity index (χ2n) is 4.10. The van der Waals surface area contributed by atoms with Gasteiger partial charge in [-0.05, 0) is 42.8 Å². The lowest BCUT2D eigenvalue weighted by molar-refractivity contribution is 0.584. The largest absolute Gasteiger partial charge is 0.312 e. The zero-order valence-electron chi connectivity index (χ0n) is 10.2. The second-order valence-corrected chi connectivity index (χ2v) is 5.27. The lowest BCUT2D eigenvalue weighted by atomic mass is 10.2. The van der Waals surface area contributed by atoms with E-state index in [0.29, 0.717) is 5.56 Å². The zero-order valence-corrected chi connectivity index (χ0v) is 11.0. The first kappa shape index (κ1) is 13.2. The molecule has 0 fully saturated rings. The Labute approximate surface area is 109 Å². The maximum atomic E-state index is 13.1. The fourth-order valence-corrected chi connectivity index (χ4v) is 2.68. The smallest absolute Gasteiger partial charge is 0.126 e. The molecule has 0 spiro atoms. The Morgan fingerprint density at radius 1 is 1.11 bits per heavy atom. The molecule has 4 heteroatoms. The fourth-order valence-electron chi connectivity index (χ4n) is 1.71. The number of rotatable bonds is 5. The van der Waals surface area contributed by atoms with Gasteiger partial charge < -0.3 is 5.32 Å². The Hall–Kier alpha value is -1.26. The van der Waals surface area contributed by atoms with Crippen LogP contribution >= 0.6 is 11.3 Å². The van der Waals surface area contributed by atoms with Crippen LogP contribution in [0.5, 0.6) is 0 Å². The van der Waals surface area contributed by atoms with Gasteiger partial charge in [-0.1, -0.05) is 6.92 Å². The van der Waals surface area contributed by atoms with Crippen molar-refractivity contribution in [3.8, 4) is 10.4 Å². The van der Waals surface area contributed by atoms with Gasteiger partial charge in [0, 0.05) is 22.4 Å². The molecule has 0 amide bonds. The third-order valence-corrected chi connectivity index (χ3v) is 3.67. The van der Waals surface area contributed by atoms with E-state index >= 15 is 0 Å². The van der Waals surface area contributed by atoms with Crippen LogP contribution < -0.4 is 5.32 Å². The first-order valence-electron chi connectivity index (χ1n) is 5.95. The van der Waals surface area contributed by atoms with Crippen LogP contribution in [0.25, 0.3) is 10.4 Å². The molecule has 1 aromatic carbocycles. The molecule has 0 saturated carbocycles. The summed E-state index contributed by atoms with van der Waals surface area (Å²) in [4.78, 5) is 2.06. The number of halogens is 2. The summed E-state index contributed by atoms with van der Waals surface area (Å²) < 4.78 is 26.2. The fraction of sp³-hybridized carbons (Fsp3) is 0.286. The minimum absolute atomic E-state index is 0.538. The summed E-state index contributed by atoms with van der Waals surface area (Å²) in [6.07, 6.45) is 1.09. The number of thiophene rings is 1. The zero-order chi connectivity index (χ0) is 13.0. The van der Waals surface area contributed by atoms with E-state index in [4.69, 9.17) is 0 Å². The molecule has 1 heterocycles. The molecule has 1 nitrogen and oxygen atoms in total. The van der Waals surface area contributed by atoms with E-state index in [1.807, 2.05) is 12.1 Å². The molecule has 0 unspecified atom stereocenters.